The number of rotatable bonds is 5. The molecule has 0 aliphatic carbocycles. The van der Waals surface area contributed by atoms with Crippen LogP contribution in [0.15, 0.2) is 121 Å². The smallest absolute Gasteiger partial charge is 0.267 e. The molecule has 0 saturated heterocycles. The van der Waals surface area contributed by atoms with Gasteiger partial charge in [0.05, 0.1) is 23.1 Å². The summed E-state index contributed by atoms with van der Waals surface area (Å²) in [6.07, 6.45) is 5.61. The third-order valence-electron chi connectivity index (χ3n) is 6.39. The van der Waals surface area contributed by atoms with Gasteiger partial charge in [0.15, 0.2) is 0 Å². The molecule has 180 valence electrons. The third-order valence-corrected chi connectivity index (χ3v) is 6.39. The number of halogens is 1. The van der Waals surface area contributed by atoms with Gasteiger partial charge in [0, 0.05) is 41.7 Å². The van der Waals surface area contributed by atoms with Gasteiger partial charge in [-0.3, -0.25) is 9.78 Å². The van der Waals surface area contributed by atoms with E-state index in [2.05, 4.69) is 4.98 Å². The predicted octanol–water partition coefficient (Wildman–Crippen LogP) is 6.06. The summed E-state index contributed by atoms with van der Waals surface area (Å²) in [7, 11) is 0. The van der Waals surface area contributed by atoms with Gasteiger partial charge in [0.2, 0.25) is 0 Å². The van der Waals surface area contributed by atoms with E-state index in [1.807, 2.05) is 71.5 Å². The Kier molecular flexibility index (Phi) is 5.86. The van der Waals surface area contributed by atoms with Crippen molar-refractivity contribution in [3.05, 3.63) is 138 Å². The number of amides is 1. The number of hydrogen-bond donors (Lipinski definition) is 0. The molecule has 3 heterocycles. The second-order valence-corrected chi connectivity index (χ2v) is 8.74. The van der Waals surface area contributed by atoms with E-state index in [0.29, 0.717) is 17.7 Å². The molecule has 0 unspecified atom stereocenters. The molecule has 0 spiro atoms. The first kappa shape index (κ1) is 22.5. The van der Waals surface area contributed by atoms with Crippen molar-refractivity contribution in [2.45, 2.75) is 12.5 Å². The molecule has 0 saturated carbocycles. The van der Waals surface area contributed by atoms with E-state index in [0.717, 1.165) is 28.1 Å². The number of hydrogen-bond acceptors (Lipinski definition) is 4. The standard InChI is InChI=1S/C30H22FN5O/c31-24-13-11-21(12-14-24)27-19-28(36(33-27)30(37)23-15-17-32-18-16-23)26-20-35(25-9-5-2-6-10-25)34-29(26)22-7-3-1-4-8-22/h1-18,20,28H,19H2/t28-/m0/s1. The molecular formula is C30H22FN5O. The summed E-state index contributed by atoms with van der Waals surface area (Å²) in [6, 6.07) is 28.9. The maximum atomic E-state index is 13.7. The Morgan fingerprint density at radius 1 is 0.811 bits per heavy atom. The topological polar surface area (TPSA) is 63.4 Å². The zero-order chi connectivity index (χ0) is 25.2. The lowest BCUT2D eigenvalue weighted by atomic mass is 9.96. The Morgan fingerprint density at radius 3 is 2.19 bits per heavy atom. The van der Waals surface area contributed by atoms with E-state index >= 15 is 0 Å². The maximum absolute atomic E-state index is 13.7. The SMILES string of the molecule is O=C(c1ccncc1)N1N=C(c2ccc(F)cc2)C[C@H]1c1cn(-c2ccccc2)nc1-c1ccccc1. The highest BCUT2D eigenvalue weighted by atomic mass is 19.1. The quantitative estimate of drug-likeness (QED) is 0.303. The summed E-state index contributed by atoms with van der Waals surface area (Å²) in [5.74, 6) is -0.560. The van der Waals surface area contributed by atoms with Crippen molar-refractivity contribution < 1.29 is 9.18 Å². The summed E-state index contributed by atoms with van der Waals surface area (Å²) in [5, 5.41) is 11.2. The number of carbonyl (C=O) groups excluding carboxylic acids is 1. The molecule has 0 bridgehead atoms. The molecule has 2 aromatic heterocycles. The second-order valence-electron chi connectivity index (χ2n) is 8.74. The van der Waals surface area contributed by atoms with Crippen LogP contribution in [0.1, 0.15) is 33.9 Å². The summed E-state index contributed by atoms with van der Waals surface area (Å²) in [6.45, 7) is 0. The molecule has 0 N–H and O–H groups in total. The number of nitrogens with zero attached hydrogens (tertiary/aromatic N) is 5. The highest BCUT2D eigenvalue weighted by Gasteiger charge is 2.36. The van der Waals surface area contributed by atoms with Crippen LogP contribution in [-0.2, 0) is 0 Å². The van der Waals surface area contributed by atoms with Crippen LogP contribution < -0.4 is 0 Å². The number of hydrazone groups is 1. The first-order valence-corrected chi connectivity index (χ1v) is 11.9. The number of carbonyl (C=O) groups is 1. The van der Waals surface area contributed by atoms with Crippen molar-refractivity contribution in [3.63, 3.8) is 0 Å². The van der Waals surface area contributed by atoms with Crippen molar-refractivity contribution in [2.75, 3.05) is 0 Å². The number of pyridine rings is 1. The lowest BCUT2D eigenvalue weighted by Crippen LogP contribution is -2.27. The summed E-state index contributed by atoms with van der Waals surface area (Å²) in [5.41, 5.74) is 5.47. The van der Waals surface area contributed by atoms with Gasteiger partial charge in [0.25, 0.3) is 5.91 Å². The molecule has 0 radical (unpaired) electrons. The van der Waals surface area contributed by atoms with Crippen LogP contribution in [0.4, 0.5) is 4.39 Å². The summed E-state index contributed by atoms with van der Waals surface area (Å²) in [4.78, 5) is 17.7. The molecule has 5 aromatic rings. The molecule has 37 heavy (non-hydrogen) atoms. The number of aromatic nitrogens is 3. The lowest BCUT2D eigenvalue weighted by molar-refractivity contribution is 0.0711. The molecule has 3 aromatic carbocycles. The minimum atomic E-state index is -0.409. The first-order chi connectivity index (χ1) is 18.2. The minimum absolute atomic E-state index is 0.240. The zero-order valence-corrected chi connectivity index (χ0v) is 19.8. The van der Waals surface area contributed by atoms with Crippen molar-refractivity contribution in [2.24, 2.45) is 5.10 Å². The molecule has 1 atom stereocenters. The van der Waals surface area contributed by atoms with Crippen molar-refractivity contribution >= 4 is 11.6 Å². The predicted molar refractivity (Wildman–Crippen MR) is 140 cm³/mol. The van der Waals surface area contributed by atoms with Gasteiger partial charge in [-0.25, -0.2) is 14.1 Å². The van der Waals surface area contributed by atoms with Gasteiger partial charge < -0.3 is 0 Å². The van der Waals surface area contributed by atoms with Crippen LogP contribution in [0.2, 0.25) is 0 Å². The summed E-state index contributed by atoms with van der Waals surface area (Å²) < 4.78 is 15.5. The van der Waals surface area contributed by atoms with Crippen LogP contribution in [0, 0.1) is 5.82 Å². The van der Waals surface area contributed by atoms with Gasteiger partial charge in [-0.15, -0.1) is 0 Å². The van der Waals surface area contributed by atoms with Gasteiger partial charge in [-0.1, -0.05) is 60.7 Å². The van der Waals surface area contributed by atoms with Crippen LogP contribution in [-0.4, -0.2) is 31.4 Å². The zero-order valence-electron chi connectivity index (χ0n) is 19.8. The lowest BCUT2D eigenvalue weighted by Gasteiger charge is -2.22. The molecule has 6 rings (SSSR count). The Bertz CT molecular complexity index is 1570. The Balaban J connectivity index is 1.48. The van der Waals surface area contributed by atoms with Crippen LogP contribution in [0.3, 0.4) is 0 Å². The largest absolute Gasteiger partial charge is 0.274 e. The normalized spacial score (nSPS) is 15.0. The van der Waals surface area contributed by atoms with E-state index in [1.54, 1.807) is 36.7 Å². The van der Waals surface area contributed by atoms with Crippen molar-refractivity contribution in [1.82, 2.24) is 19.8 Å². The molecule has 1 aliphatic heterocycles. The highest BCUT2D eigenvalue weighted by molar-refractivity contribution is 6.05. The number of para-hydroxylation sites is 1. The first-order valence-electron chi connectivity index (χ1n) is 11.9. The molecule has 1 amide bonds. The van der Waals surface area contributed by atoms with Crippen LogP contribution >= 0.6 is 0 Å². The van der Waals surface area contributed by atoms with Crippen LogP contribution in [0.5, 0.6) is 0 Å². The van der Waals surface area contributed by atoms with Crippen LogP contribution in [0.25, 0.3) is 16.9 Å². The molecule has 0 fully saturated rings. The molecule has 1 aliphatic rings. The van der Waals surface area contributed by atoms with Gasteiger partial charge in [0.1, 0.15) is 5.82 Å². The third kappa shape index (κ3) is 4.43. The fraction of sp³-hybridized carbons (Fsp3) is 0.0667. The average Bonchev–Trinajstić information content (AvgIpc) is 3.60. The van der Waals surface area contributed by atoms with Crippen molar-refractivity contribution in [1.29, 1.82) is 0 Å². The highest BCUT2D eigenvalue weighted by Crippen LogP contribution is 2.39. The van der Waals surface area contributed by atoms with E-state index in [1.165, 1.54) is 17.1 Å². The Hall–Kier alpha value is -4.91. The van der Waals surface area contributed by atoms with E-state index < -0.39 is 6.04 Å². The monoisotopic (exact) mass is 487 g/mol. The maximum Gasteiger partial charge on any atom is 0.274 e. The van der Waals surface area contributed by atoms with E-state index in [9.17, 15) is 9.18 Å². The molecule has 6 nitrogen and oxygen atoms in total. The Morgan fingerprint density at radius 2 is 1.49 bits per heavy atom. The fourth-order valence-corrected chi connectivity index (χ4v) is 4.55. The van der Waals surface area contributed by atoms with Gasteiger partial charge in [-0.2, -0.15) is 10.2 Å². The average molecular weight is 488 g/mol. The molecule has 7 heteroatoms. The minimum Gasteiger partial charge on any atom is -0.267 e. The van der Waals surface area contributed by atoms with Crippen molar-refractivity contribution in [3.8, 4) is 16.9 Å². The summed E-state index contributed by atoms with van der Waals surface area (Å²) >= 11 is 0. The Labute approximate surface area is 213 Å². The molecular weight excluding hydrogens is 465 g/mol. The number of benzene rings is 3. The van der Waals surface area contributed by atoms with E-state index in [4.69, 9.17) is 10.2 Å². The van der Waals surface area contributed by atoms with Gasteiger partial charge in [-0.05, 0) is 42.0 Å². The fourth-order valence-electron chi connectivity index (χ4n) is 4.55. The second kappa shape index (κ2) is 9.62. The van der Waals surface area contributed by atoms with Gasteiger partial charge >= 0.3 is 0 Å². The van der Waals surface area contributed by atoms with E-state index in [-0.39, 0.29) is 11.7 Å².